The highest BCUT2D eigenvalue weighted by Crippen LogP contribution is 2.24. The Labute approximate surface area is 125 Å². The minimum absolute atomic E-state index is 0.0424. The van der Waals surface area contributed by atoms with Crippen molar-refractivity contribution in [3.63, 3.8) is 0 Å². The highest BCUT2D eigenvalue weighted by Gasteiger charge is 2.30. The average Bonchev–Trinajstić information content (AvgIpc) is 2.54. The van der Waals surface area contributed by atoms with E-state index in [4.69, 9.17) is 4.84 Å². The first-order chi connectivity index (χ1) is 9.98. The summed E-state index contributed by atoms with van der Waals surface area (Å²) in [6.07, 6.45) is 2.75. The molecule has 6 nitrogen and oxygen atoms in total. The molecule has 1 fully saturated rings. The van der Waals surface area contributed by atoms with E-state index in [1.807, 2.05) is 0 Å². The molecule has 2 rings (SSSR count). The van der Waals surface area contributed by atoms with Crippen molar-refractivity contribution in [1.82, 2.24) is 9.37 Å². The van der Waals surface area contributed by atoms with Crippen LogP contribution in [0, 0.1) is 0 Å². The van der Waals surface area contributed by atoms with Crippen LogP contribution in [0.5, 0.6) is 0 Å². The molecule has 1 aromatic carbocycles. The van der Waals surface area contributed by atoms with Gasteiger partial charge in [0, 0.05) is 20.1 Å². The van der Waals surface area contributed by atoms with Crippen LogP contribution in [0.3, 0.4) is 0 Å². The summed E-state index contributed by atoms with van der Waals surface area (Å²) in [6, 6.07) is 6.25. The summed E-state index contributed by atoms with van der Waals surface area (Å²) in [6.45, 7) is 1.01. The standard InChI is InChI=1S/C14H20N2O4S/c1-15(20-2)14(17)12-8-4-5-9-13(12)21(18,19)16-10-6-3-7-11-16/h4-5,8-9H,3,6-7,10-11H2,1-2H3. The fraction of sp³-hybridized carbons (Fsp3) is 0.500. The van der Waals surface area contributed by atoms with E-state index >= 15 is 0 Å². The lowest BCUT2D eigenvalue weighted by molar-refractivity contribution is -0.0759. The minimum Gasteiger partial charge on any atom is -0.274 e. The van der Waals surface area contributed by atoms with E-state index in [1.165, 1.54) is 30.6 Å². The van der Waals surface area contributed by atoms with Crippen molar-refractivity contribution < 1.29 is 18.0 Å². The van der Waals surface area contributed by atoms with E-state index in [-0.39, 0.29) is 10.5 Å². The van der Waals surface area contributed by atoms with Gasteiger partial charge in [-0.1, -0.05) is 18.6 Å². The third-order valence-corrected chi connectivity index (χ3v) is 5.57. The van der Waals surface area contributed by atoms with Crippen LogP contribution in [-0.4, -0.2) is 50.9 Å². The summed E-state index contributed by atoms with van der Waals surface area (Å²) in [5.41, 5.74) is 0.132. The van der Waals surface area contributed by atoms with E-state index in [0.29, 0.717) is 13.1 Å². The predicted octanol–water partition coefficient (Wildman–Crippen LogP) is 1.49. The summed E-state index contributed by atoms with van der Waals surface area (Å²) in [7, 11) is -0.837. The summed E-state index contributed by atoms with van der Waals surface area (Å²) >= 11 is 0. The second kappa shape index (κ2) is 6.55. The second-order valence-corrected chi connectivity index (χ2v) is 6.85. The highest BCUT2D eigenvalue weighted by molar-refractivity contribution is 7.89. The van der Waals surface area contributed by atoms with Gasteiger partial charge in [0.05, 0.1) is 17.6 Å². The number of amides is 1. The number of hydrogen-bond donors (Lipinski definition) is 0. The Morgan fingerprint density at radius 2 is 1.81 bits per heavy atom. The SMILES string of the molecule is CON(C)C(=O)c1ccccc1S(=O)(=O)N1CCCCC1. The molecule has 0 aromatic heterocycles. The van der Waals surface area contributed by atoms with Gasteiger partial charge in [-0.05, 0) is 25.0 Å². The molecule has 0 unspecified atom stereocenters. The summed E-state index contributed by atoms with van der Waals surface area (Å²) < 4.78 is 26.9. The molecule has 1 aliphatic heterocycles. The van der Waals surface area contributed by atoms with Gasteiger partial charge < -0.3 is 0 Å². The Hall–Kier alpha value is -1.44. The van der Waals surface area contributed by atoms with Crippen LogP contribution < -0.4 is 0 Å². The van der Waals surface area contributed by atoms with Gasteiger partial charge >= 0.3 is 0 Å². The number of hydroxylamine groups is 2. The van der Waals surface area contributed by atoms with E-state index in [9.17, 15) is 13.2 Å². The first-order valence-corrected chi connectivity index (χ1v) is 8.34. The summed E-state index contributed by atoms with van der Waals surface area (Å²) in [5, 5.41) is 1.02. The lowest BCUT2D eigenvalue weighted by atomic mass is 10.2. The minimum atomic E-state index is -3.65. The van der Waals surface area contributed by atoms with Crippen LogP contribution >= 0.6 is 0 Å². The summed E-state index contributed by atoms with van der Waals surface area (Å²) in [4.78, 5) is 17.1. The Balaban J connectivity index is 2.41. The number of sulfonamides is 1. The number of hydrogen-bond acceptors (Lipinski definition) is 4. The number of piperidine rings is 1. The maximum absolute atomic E-state index is 12.7. The molecule has 0 bridgehead atoms. The molecular weight excluding hydrogens is 292 g/mol. The number of carbonyl (C=O) groups excluding carboxylic acids is 1. The molecule has 0 atom stereocenters. The molecule has 0 N–H and O–H groups in total. The van der Waals surface area contributed by atoms with Gasteiger partial charge in [-0.25, -0.2) is 13.5 Å². The van der Waals surface area contributed by atoms with Gasteiger partial charge in [0.1, 0.15) is 0 Å². The average molecular weight is 312 g/mol. The Kier molecular flexibility index (Phi) is 4.97. The third-order valence-electron chi connectivity index (χ3n) is 3.61. The molecule has 1 amide bonds. The van der Waals surface area contributed by atoms with Gasteiger partial charge in [0.15, 0.2) is 0 Å². The smallest absolute Gasteiger partial charge is 0.274 e. The van der Waals surface area contributed by atoms with Crippen molar-refractivity contribution in [1.29, 1.82) is 0 Å². The maximum Gasteiger partial charge on any atom is 0.278 e. The van der Waals surface area contributed by atoms with Gasteiger partial charge in [-0.15, -0.1) is 0 Å². The van der Waals surface area contributed by atoms with Gasteiger partial charge in [-0.3, -0.25) is 9.63 Å². The molecular formula is C14H20N2O4S. The van der Waals surface area contributed by atoms with Crippen molar-refractivity contribution in [3.8, 4) is 0 Å². The molecule has 1 aromatic rings. The van der Waals surface area contributed by atoms with E-state index in [0.717, 1.165) is 24.3 Å². The zero-order chi connectivity index (χ0) is 15.5. The highest BCUT2D eigenvalue weighted by atomic mass is 32.2. The zero-order valence-electron chi connectivity index (χ0n) is 12.3. The van der Waals surface area contributed by atoms with Crippen LogP contribution in [0.2, 0.25) is 0 Å². The number of rotatable bonds is 4. The van der Waals surface area contributed by atoms with Crippen molar-refractivity contribution in [3.05, 3.63) is 29.8 Å². The first kappa shape index (κ1) is 15.9. The molecule has 0 aliphatic carbocycles. The van der Waals surface area contributed by atoms with Gasteiger partial charge in [-0.2, -0.15) is 4.31 Å². The Bertz CT molecular complexity index is 609. The van der Waals surface area contributed by atoms with E-state index < -0.39 is 15.9 Å². The molecule has 1 heterocycles. The molecule has 0 saturated carbocycles. The maximum atomic E-state index is 12.7. The molecule has 1 aliphatic rings. The Morgan fingerprint density at radius 3 is 2.43 bits per heavy atom. The van der Waals surface area contributed by atoms with Crippen LogP contribution in [0.25, 0.3) is 0 Å². The largest absolute Gasteiger partial charge is 0.278 e. The lowest BCUT2D eigenvalue weighted by Gasteiger charge is -2.27. The quantitative estimate of drug-likeness (QED) is 0.790. The van der Waals surface area contributed by atoms with Crippen LogP contribution in [0.4, 0.5) is 0 Å². The molecule has 116 valence electrons. The number of benzene rings is 1. The van der Waals surface area contributed by atoms with Crippen molar-refractivity contribution >= 4 is 15.9 Å². The molecule has 0 spiro atoms. The van der Waals surface area contributed by atoms with Crippen LogP contribution in [0.15, 0.2) is 29.2 Å². The van der Waals surface area contributed by atoms with Gasteiger partial charge in [0.2, 0.25) is 10.0 Å². The van der Waals surface area contributed by atoms with Crippen molar-refractivity contribution in [2.24, 2.45) is 0 Å². The molecule has 21 heavy (non-hydrogen) atoms. The predicted molar refractivity (Wildman–Crippen MR) is 78.2 cm³/mol. The zero-order valence-corrected chi connectivity index (χ0v) is 13.1. The van der Waals surface area contributed by atoms with Crippen molar-refractivity contribution in [2.75, 3.05) is 27.2 Å². The third kappa shape index (κ3) is 3.25. The fourth-order valence-corrected chi connectivity index (χ4v) is 4.07. The molecule has 0 radical (unpaired) electrons. The molecule has 7 heteroatoms. The summed E-state index contributed by atoms with van der Waals surface area (Å²) in [5.74, 6) is -0.478. The molecule has 1 saturated heterocycles. The second-order valence-electron chi connectivity index (χ2n) is 4.95. The van der Waals surface area contributed by atoms with Crippen LogP contribution in [-0.2, 0) is 14.9 Å². The number of carbonyl (C=O) groups is 1. The normalized spacial score (nSPS) is 16.7. The van der Waals surface area contributed by atoms with Gasteiger partial charge in [0.25, 0.3) is 5.91 Å². The lowest BCUT2D eigenvalue weighted by Crippen LogP contribution is -2.37. The fourth-order valence-electron chi connectivity index (χ4n) is 2.37. The number of nitrogens with zero attached hydrogens (tertiary/aromatic N) is 2. The Morgan fingerprint density at radius 1 is 1.19 bits per heavy atom. The monoisotopic (exact) mass is 312 g/mol. The van der Waals surface area contributed by atoms with Crippen molar-refractivity contribution in [2.45, 2.75) is 24.2 Å². The van der Waals surface area contributed by atoms with E-state index in [2.05, 4.69) is 0 Å². The van der Waals surface area contributed by atoms with Crippen LogP contribution in [0.1, 0.15) is 29.6 Å². The van der Waals surface area contributed by atoms with E-state index in [1.54, 1.807) is 12.1 Å². The first-order valence-electron chi connectivity index (χ1n) is 6.90. The topological polar surface area (TPSA) is 66.9 Å².